The third kappa shape index (κ3) is 5.90. The van der Waals surface area contributed by atoms with Gasteiger partial charge in [0, 0.05) is 30.6 Å². The molecule has 4 rings (SSSR count). The first kappa shape index (κ1) is 25.7. The van der Waals surface area contributed by atoms with Crippen LogP contribution in [0.3, 0.4) is 0 Å². The molecule has 2 aliphatic rings. The average Bonchev–Trinajstić information content (AvgIpc) is 3.27. The fraction of sp³-hybridized carbons (Fsp3) is 0.630. The molecule has 1 atom stereocenters. The number of carbonyl (C=O) groups is 2. The van der Waals surface area contributed by atoms with Gasteiger partial charge in [-0.1, -0.05) is 76.1 Å². The predicted octanol–water partition coefficient (Wildman–Crippen LogP) is 4.95. The van der Waals surface area contributed by atoms with E-state index < -0.39 is 0 Å². The summed E-state index contributed by atoms with van der Waals surface area (Å²) in [5.74, 6) is 0.598. The first-order valence-corrected chi connectivity index (χ1v) is 13.8. The van der Waals surface area contributed by atoms with Gasteiger partial charge in [-0.2, -0.15) is 0 Å². The number of carbonyl (C=O) groups excluding carboxylic acids is 2. The molecular formula is C27H39N5O2S. The van der Waals surface area contributed by atoms with Crippen LogP contribution in [0.1, 0.15) is 84.2 Å². The molecule has 1 aromatic heterocycles. The zero-order chi connectivity index (χ0) is 25.2. The van der Waals surface area contributed by atoms with Crippen LogP contribution in [0.25, 0.3) is 11.4 Å². The Labute approximate surface area is 213 Å². The Kier molecular flexibility index (Phi) is 7.89. The number of amides is 2. The normalized spacial score (nSPS) is 19.0. The molecule has 7 nitrogen and oxygen atoms in total. The maximum atomic E-state index is 13.2. The summed E-state index contributed by atoms with van der Waals surface area (Å²) < 4.78 is 2.29. The molecule has 1 saturated heterocycles. The first-order valence-electron chi connectivity index (χ1n) is 13.0. The van der Waals surface area contributed by atoms with Crippen LogP contribution in [-0.2, 0) is 15.0 Å². The quantitative estimate of drug-likeness (QED) is 0.570. The second-order valence-corrected chi connectivity index (χ2v) is 12.4. The second-order valence-electron chi connectivity index (χ2n) is 11.1. The number of nitrogens with two attached hydrogens (primary N) is 1. The fourth-order valence-electron chi connectivity index (χ4n) is 5.19. The van der Waals surface area contributed by atoms with E-state index in [1.165, 1.54) is 36.6 Å². The zero-order valence-corrected chi connectivity index (χ0v) is 22.3. The van der Waals surface area contributed by atoms with E-state index in [1.54, 1.807) is 0 Å². The lowest BCUT2D eigenvalue weighted by molar-refractivity contribution is -0.134. The molecule has 2 aromatic rings. The number of nitrogens with zero attached hydrogens (tertiary/aromatic N) is 4. The molecule has 0 bridgehead atoms. The summed E-state index contributed by atoms with van der Waals surface area (Å²) in [5, 5.41) is 9.75. The van der Waals surface area contributed by atoms with Crippen LogP contribution < -0.4 is 5.73 Å². The first-order chi connectivity index (χ1) is 16.6. The third-order valence-corrected chi connectivity index (χ3v) is 8.50. The van der Waals surface area contributed by atoms with Gasteiger partial charge in [0.15, 0.2) is 11.0 Å². The molecule has 8 heteroatoms. The Hall–Kier alpha value is -2.35. The van der Waals surface area contributed by atoms with Crippen LogP contribution in [0.2, 0.25) is 0 Å². The second kappa shape index (κ2) is 10.7. The minimum atomic E-state index is -0.275. The molecule has 2 heterocycles. The van der Waals surface area contributed by atoms with E-state index >= 15 is 0 Å². The number of hydrogen-bond donors (Lipinski definition) is 1. The summed E-state index contributed by atoms with van der Waals surface area (Å²) in [6.07, 6.45) is 7.20. The van der Waals surface area contributed by atoms with Crippen LogP contribution >= 0.6 is 11.8 Å². The van der Waals surface area contributed by atoms with Crippen molar-refractivity contribution in [2.75, 3.05) is 13.1 Å². The molecule has 2 amide bonds. The fourth-order valence-corrected chi connectivity index (χ4v) is 6.20. The number of aromatic nitrogens is 3. The highest BCUT2D eigenvalue weighted by molar-refractivity contribution is 8.00. The maximum absolute atomic E-state index is 13.2. The minimum absolute atomic E-state index is 0.0900. The van der Waals surface area contributed by atoms with Gasteiger partial charge in [0.1, 0.15) is 0 Å². The van der Waals surface area contributed by atoms with Gasteiger partial charge in [-0.15, -0.1) is 10.2 Å². The molecule has 1 aromatic carbocycles. The number of thioether (sulfide) groups is 1. The zero-order valence-electron chi connectivity index (χ0n) is 21.5. The van der Waals surface area contributed by atoms with E-state index in [0.29, 0.717) is 32.0 Å². The van der Waals surface area contributed by atoms with Crippen molar-refractivity contribution in [2.24, 2.45) is 11.7 Å². The van der Waals surface area contributed by atoms with Gasteiger partial charge in [-0.05, 0) is 43.6 Å². The molecule has 1 unspecified atom stereocenters. The molecule has 2 N–H and O–H groups in total. The standard InChI is InChI=1S/C27H39N5O2S/c1-18(25(34)31-16-14-19(15-17-31)23(28)33)35-26-30-29-24(32(26)22-8-6-5-7-9-22)20-10-12-21(13-11-20)27(2,3)4/h10-13,18-19,22H,5-9,14-17H2,1-4H3,(H2,28,33). The monoisotopic (exact) mass is 497 g/mol. The lowest BCUT2D eigenvalue weighted by Gasteiger charge is -2.32. The molecule has 0 spiro atoms. The Morgan fingerprint density at radius 3 is 2.20 bits per heavy atom. The molecule has 35 heavy (non-hydrogen) atoms. The lowest BCUT2D eigenvalue weighted by atomic mass is 9.86. The van der Waals surface area contributed by atoms with Crippen LogP contribution in [-0.4, -0.2) is 49.8 Å². The summed E-state index contributed by atoms with van der Waals surface area (Å²) >= 11 is 1.50. The van der Waals surface area contributed by atoms with Crippen LogP contribution in [0, 0.1) is 5.92 Å². The third-order valence-electron chi connectivity index (χ3n) is 7.45. The van der Waals surface area contributed by atoms with Gasteiger partial charge < -0.3 is 10.6 Å². The van der Waals surface area contributed by atoms with Crippen molar-refractivity contribution in [3.63, 3.8) is 0 Å². The summed E-state index contributed by atoms with van der Waals surface area (Å²) in [6, 6.07) is 9.02. The van der Waals surface area contributed by atoms with Crippen molar-refractivity contribution in [1.82, 2.24) is 19.7 Å². The van der Waals surface area contributed by atoms with Crippen LogP contribution in [0.5, 0.6) is 0 Å². The molecule has 2 fully saturated rings. The van der Waals surface area contributed by atoms with Crippen LogP contribution in [0.15, 0.2) is 29.4 Å². The maximum Gasteiger partial charge on any atom is 0.235 e. The van der Waals surface area contributed by atoms with Crippen molar-refractivity contribution in [1.29, 1.82) is 0 Å². The number of hydrogen-bond acceptors (Lipinski definition) is 5. The molecule has 190 valence electrons. The number of primary amides is 1. The van der Waals surface area contributed by atoms with Crippen molar-refractivity contribution >= 4 is 23.6 Å². The van der Waals surface area contributed by atoms with E-state index in [4.69, 9.17) is 5.73 Å². The SMILES string of the molecule is CC(Sc1nnc(-c2ccc(C(C)(C)C)cc2)n1C1CCCCC1)C(=O)N1CCC(C(N)=O)CC1. The van der Waals surface area contributed by atoms with Crippen LogP contribution in [0.4, 0.5) is 0 Å². The topological polar surface area (TPSA) is 94.1 Å². The minimum Gasteiger partial charge on any atom is -0.369 e. The molecule has 1 saturated carbocycles. The number of likely N-dealkylation sites (tertiary alicyclic amines) is 1. The molecule has 1 aliphatic carbocycles. The number of rotatable bonds is 6. The Morgan fingerprint density at radius 1 is 1.00 bits per heavy atom. The van der Waals surface area contributed by atoms with Gasteiger partial charge >= 0.3 is 0 Å². The number of piperidine rings is 1. The molecule has 0 radical (unpaired) electrons. The van der Waals surface area contributed by atoms with Gasteiger partial charge in [0.05, 0.1) is 5.25 Å². The smallest absolute Gasteiger partial charge is 0.235 e. The predicted molar refractivity (Wildman–Crippen MR) is 140 cm³/mol. The lowest BCUT2D eigenvalue weighted by Crippen LogP contribution is -2.44. The Balaban J connectivity index is 1.55. The highest BCUT2D eigenvalue weighted by Gasteiger charge is 2.31. The number of benzene rings is 1. The molecular weight excluding hydrogens is 458 g/mol. The van der Waals surface area contributed by atoms with Gasteiger partial charge in [-0.3, -0.25) is 14.2 Å². The molecule has 1 aliphatic heterocycles. The van der Waals surface area contributed by atoms with E-state index in [2.05, 4.69) is 59.8 Å². The van der Waals surface area contributed by atoms with Crippen molar-refractivity contribution in [3.8, 4) is 11.4 Å². The van der Waals surface area contributed by atoms with Crippen molar-refractivity contribution < 1.29 is 9.59 Å². The average molecular weight is 498 g/mol. The van der Waals surface area contributed by atoms with Gasteiger partial charge in [0.2, 0.25) is 11.8 Å². The highest BCUT2D eigenvalue weighted by Crippen LogP contribution is 2.37. The largest absolute Gasteiger partial charge is 0.369 e. The summed E-state index contributed by atoms with van der Waals surface area (Å²) in [7, 11) is 0. The van der Waals surface area contributed by atoms with E-state index in [9.17, 15) is 9.59 Å². The highest BCUT2D eigenvalue weighted by atomic mass is 32.2. The summed E-state index contributed by atoms with van der Waals surface area (Å²) in [6.45, 7) is 9.77. The summed E-state index contributed by atoms with van der Waals surface area (Å²) in [5.41, 5.74) is 7.90. The van der Waals surface area contributed by atoms with E-state index in [-0.39, 0.29) is 28.4 Å². The van der Waals surface area contributed by atoms with Crippen molar-refractivity contribution in [3.05, 3.63) is 29.8 Å². The summed E-state index contributed by atoms with van der Waals surface area (Å²) in [4.78, 5) is 26.5. The van der Waals surface area contributed by atoms with Gasteiger partial charge in [-0.25, -0.2) is 0 Å². The van der Waals surface area contributed by atoms with E-state index in [1.807, 2.05) is 11.8 Å². The Bertz CT molecular complexity index is 1030. The Morgan fingerprint density at radius 2 is 1.63 bits per heavy atom. The van der Waals surface area contributed by atoms with E-state index in [0.717, 1.165) is 29.4 Å². The van der Waals surface area contributed by atoms with Gasteiger partial charge in [0.25, 0.3) is 0 Å². The van der Waals surface area contributed by atoms with Crippen molar-refractivity contribution in [2.45, 2.75) is 94.5 Å².